The summed E-state index contributed by atoms with van der Waals surface area (Å²) in [4.78, 5) is 24.3. The van der Waals surface area contributed by atoms with E-state index in [2.05, 4.69) is 26.2 Å². The summed E-state index contributed by atoms with van der Waals surface area (Å²) in [5.74, 6) is -0.606. The van der Waals surface area contributed by atoms with Crippen LogP contribution in [0, 0.1) is 13.8 Å². The molecule has 3 aromatic rings. The third kappa shape index (κ3) is 3.92. The molecule has 8 heteroatoms. The molecule has 0 unspecified atom stereocenters. The normalized spacial score (nSPS) is 10.4. The molecule has 26 heavy (non-hydrogen) atoms. The summed E-state index contributed by atoms with van der Waals surface area (Å²) in [5, 5.41) is 16.3. The molecule has 0 aliphatic rings. The fraction of sp³-hybridized carbons (Fsp3) is 0.167. The Bertz CT molecular complexity index is 899. The molecular formula is C18H18N6O2. The fourth-order valence-electron chi connectivity index (χ4n) is 2.50. The molecule has 132 valence electrons. The molecule has 1 heterocycles. The number of benzene rings is 2. The first kappa shape index (κ1) is 17.3. The maximum Gasteiger partial charge on any atom is 0.251 e. The number of rotatable bonds is 5. The van der Waals surface area contributed by atoms with Crippen LogP contribution >= 0.6 is 0 Å². The average Bonchev–Trinajstić information content (AvgIpc) is 3.18. The first-order chi connectivity index (χ1) is 12.5. The van der Waals surface area contributed by atoms with Gasteiger partial charge in [0.15, 0.2) is 0 Å². The Hall–Kier alpha value is -3.55. The van der Waals surface area contributed by atoms with Crippen LogP contribution in [-0.2, 0) is 4.79 Å². The van der Waals surface area contributed by atoms with Crippen LogP contribution in [0.3, 0.4) is 0 Å². The minimum atomic E-state index is -0.329. The van der Waals surface area contributed by atoms with Gasteiger partial charge in [-0.05, 0) is 59.7 Å². The third-order valence-corrected chi connectivity index (χ3v) is 3.90. The molecule has 0 saturated carbocycles. The highest BCUT2D eigenvalue weighted by Crippen LogP contribution is 2.19. The molecule has 0 radical (unpaired) electrons. The molecular weight excluding hydrogens is 332 g/mol. The van der Waals surface area contributed by atoms with Gasteiger partial charge in [-0.2, -0.15) is 0 Å². The van der Waals surface area contributed by atoms with Gasteiger partial charge < -0.3 is 10.6 Å². The van der Waals surface area contributed by atoms with Gasteiger partial charge in [0.05, 0.1) is 12.2 Å². The maximum absolute atomic E-state index is 12.2. The van der Waals surface area contributed by atoms with E-state index in [4.69, 9.17) is 0 Å². The molecule has 0 aliphatic carbocycles. The van der Waals surface area contributed by atoms with E-state index in [-0.39, 0.29) is 18.4 Å². The van der Waals surface area contributed by atoms with Crippen LogP contribution in [0.25, 0.3) is 5.69 Å². The standard InChI is InChI=1S/C18H18N6O2/c1-12-4-3-5-13(2)17(12)21-16(25)10-19-18(26)14-6-8-15(9-7-14)24-11-20-22-23-24/h3-9,11H,10H2,1-2H3,(H,19,26)(H,21,25). The monoisotopic (exact) mass is 350 g/mol. The molecule has 0 spiro atoms. The van der Waals surface area contributed by atoms with Gasteiger partial charge in [0.1, 0.15) is 6.33 Å². The Morgan fingerprint density at radius 2 is 1.73 bits per heavy atom. The Kier molecular flexibility index (Phi) is 5.02. The predicted molar refractivity (Wildman–Crippen MR) is 96.0 cm³/mol. The van der Waals surface area contributed by atoms with Crippen LogP contribution in [-0.4, -0.2) is 38.6 Å². The number of hydrogen-bond donors (Lipinski definition) is 2. The predicted octanol–water partition coefficient (Wildman–Crippen LogP) is 1.65. The third-order valence-electron chi connectivity index (χ3n) is 3.90. The van der Waals surface area contributed by atoms with Crippen molar-refractivity contribution in [1.29, 1.82) is 0 Å². The van der Waals surface area contributed by atoms with Crippen molar-refractivity contribution in [3.8, 4) is 5.69 Å². The zero-order chi connectivity index (χ0) is 18.5. The number of aryl methyl sites for hydroxylation is 2. The number of para-hydroxylation sites is 1. The van der Waals surface area contributed by atoms with Gasteiger partial charge in [0.2, 0.25) is 5.91 Å². The molecule has 1 aromatic heterocycles. The van der Waals surface area contributed by atoms with E-state index >= 15 is 0 Å². The zero-order valence-electron chi connectivity index (χ0n) is 14.4. The van der Waals surface area contributed by atoms with E-state index in [1.165, 1.54) is 11.0 Å². The van der Waals surface area contributed by atoms with Gasteiger partial charge in [-0.3, -0.25) is 9.59 Å². The van der Waals surface area contributed by atoms with Crippen molar-refractivity contribution in [3.05, 3.63) is 65.5 Å². The molecule has 0 fully saturated rings. The molecule has 2 N–H and O–H groups in total. The number of aromatic nitrogens is 4. The van der Waals surface area contributed by atoms with Gasteiger partial charge in [-0.25, -0.2) is 4.68 Å². The van der Waals surface area contributed by atoms with Crippen molar-refractivity contribution >= 4 is 17.5 Å². The fourth-order valence-corrected chi connectivity index (χ4v) is 2.50. The number of carbonyl (C=O) groups is 2. The highest BCUT2D eigenvalue weighted by atomic mass is 16.2. The minimum absolute atomic E-state index is 0.110. The van der Waals surface area contributed by atoms with Crippen molar-refractivity contribution < 1.29 is 9.59 Å². The van der Waals surface area contributed by atoms with Crippen LogP contribution in [0.1, 0.15) is 21.5 Å². The van der Waals surface area contributed by atoms with Crippen LogP contribution in [0.5, 0.6) is 0 Å². The molecule has 0 atom stereocenters. The summed E-state index contributed by atoms with van der Waals surface area (Å²) in [5.41, 5.74) is 3.91. The van der Waals surface area contributed by atoms with Crippen LogP contribution in [0.15, 0.2) is 48.8 Å². The lowest BCUT2D eigenvalue weighted by molar-refractivity contribution is -0.115. The van der Waals surface area contributed by atoms with E-state index in [1.54, 1.807) is 24.3 Å². The van der Waals surface area contributed by atoms with Crippen molar-refractivity contribution in [2.45, 2.75) is 13.8 Å². The summed E-state index contributed by atoms with van der Waals surface area (Å²) in [7, 11) is 0. The lowest BCUT2D eigenvalue weighted by Gasteiger charge is -2.12. The lowest BCUT2D eigenvalue weighted by Crippen LogP contribution is -2.33. The quantitative estimate of drug-likeness (QED) is 0.728. The largest absolute Gasteiger partial charge is 0.343 e. The van der Waals surface area contributed by atoms with Gasteiger partial charge in [-0.1, -0.05) is 18.2 Å². The molecule has 3 rings (SSSR count). The Labute approximate surface area is 150 Å². The van der Waals surface area contributed by atoms with Crippen LogP contribution in [0.4, 0.5) is 5.69 Å². The number of nitrogens with zero attached hydrogens (tertiary/aromatic N) is 4. The Morgan fingerprint density at radius 1 is 1.04 bits per heavy atom. The van der Waals surface area contributed by atoms with E-state index in [0.717, 1.165) is 22.5 Å². The smallest absolute Gasteiger partial charge is 0.251 e. The summed E-state index contributed by atoms with van der Waals surface area (Å²) in [6.45, 7) is 3.74. The van der Waals surface area contributed by atoms with Gasteiger partial charge in [0.25, 0.3) is 5.91 Å². The van der Waals surface area contributed by atoms with Crippen molar-refractivity contribution in [2.75, 3.05) is 11.9 Å². The van der Waals surface area contributed by atoms with E-state index in [9.17, 15) is 9.59 Å². The first-order valence-corrected chi connectivity index (χ1v) is 8.02. The van der Waals surface area contributed by atoms with Crippen molar-refractivity contribution in [3.63, 3.8) is 0 Å². The highest BCUT2D eigenvalue weighted by molar-refractivity contribution is 5.99. The zero-order valence-corrected chi connectivity index (χ0v) is 14.4. The summed E-state index contributed by atoms with van der Waals surface area (Å²) in [6, 6.07) is 12.5. The second kappa shape index (κ2) is 7.56. The lowest BCUT2D eigenvalue weighted by atomic mass is 10.1. The molecule has 0 saturated heterocycles. The maximum atomic E-state index is 12.2. The van der Waals surface area contributed by atoms with Crippen molar-refractivity contribution in [1.82, 2.24) is 25.5 Å². The van der Waals surface area contributed by atoms with E-state index < -0.39 is 0 Å². The van der Waals surface area contributed by atoms with E-state index in [0.29, 0.717) is 5.56 Å². The summed E-state index contributed by atoms with van der Waals surface area (Å²) >= 11 is 0. The number of hydrogen-bond acceptors (Lipinski definition) is 5. The Morgan fingerprint density at radius 3 is 2.35 bits per heavy atom. The number of amides is 2. The molecule has 0 bridgehead atoms. The van der Waals surface area contributed by atoms with Crippen LogP contribution < -0.4 is 10.6 Å². The van der Waals surface area contributed by atoms with E-state index in [1.807, 2.05) is 32.0 Å². The van der Waals surface area contributed by atoms with Gasteiger partial charge in [-0.15, -0.1) is 5.10 Å². The molecule has 2 aromatic carbocycles. The second-order valence-corrected chi connectivity index (χ2v) is 5.80. The van der Waals surface area contributed by atoms with Crippen LogP contribution in [0.2, 0.25) is 0 Å². The molecule has 2 amide bonds. The number of tetrazole rings is 1. The SMILES string of the molecule is Cc1cccc(C)c1NC(=O)CNC(=O)c1ccc(-n2cnnn2)cc1. The molecule has 0 aliphatic heterocycles. The minimum Gasteiger partial charge on any atom is -0.343 e. The number of anilines is 1. The summed E-state index contributed by atoms with van der Waals surface area (Å²) in [6.07, 6.45) is 1.47. The first-order valence-electron chi connectivity index (χ1n) is 8.02. The van der Waals surface area contributed by atoms with Crippen molar-refractivity contribution in [2.24, 2.45) is 0 Å². The van der Waals surface area contributed by atoms with Gasteiger partial charge >= 0.3 is 0 Å². The highest BCUT2D eigenvalue weighted by Gasteiger charge is 2.10. The molecule has 8 nitrogen and oxygen atoms in total. The second-order valence-electron chi connectivity index (χ2n) is 5.80. The average molecular weight is 350 g/mol. The topological polar surface area (TPSA) is 102 Å². The number of nitrogens with one attached hydrogen (secondary N) is 2. The summed E-state index contributed by atoms with van der Waals surface area (Å²) < 4.78 is 1.49. The number of carbonyl (C=O) groups excluding carboxylic acids is 2. The Balaban J connectivity index is 1.57. The van der Waals surface area contributed by atoms with Gasteiger partial charge in [0, 0.05) is 11.3 Å².